The van der Waals surface area contributed by atoms with E-state index in [4.69, 9.17) is 23.7 Å². The molecule has 2 aliphatic rings. The molecule has 1 N–H and O–H groups in total. The summed E-state index contributed by atoms with van der Waals surface area (Å²) in [6.45, 7) is 4.70. The van der Waals surface area contributed by atoms with Crippen molar-refractivity contribution in [3.05, 3.63) is 118 Å². The SMILES string of the molecule is COc1ccc(C(OC[C@H]2O[C@@H](n3ccc(/N=C(/C)N4CCOCC4)nc3=O)CC2O)(c2ccccc2)c2ccc(OC)cc2)cc1. The Kier molecular flexibility index (Phi) is 9.98. The average Bonchev–Trinajstić information content (AvgIpc) is 3.49. The van der Waals surface area contributed by atoms with Gasteiger partial charge in [-0.25, -0.2) is 9.79 Å². The summed E-state index contributed by atoms with van der Waals surface area (Å²) in [7, 11) is 3.26. The predicted octanol–water partition coefficient (Wildman–Crippen LogP) is 4.30. The molecule has 1 aromatic heterocycles. The minimum absolute atomic E-state index is 0.0356. The highest BCUT2D eigenvalue weighted by atomic mass is 16.6. The molecule has 3 atom stereocenters. The van der Waals surface area contributed by atoms with Crippen LogP contribution in [0.3, 0.4) is 0 Å². The lowest BCUT2D eigenvalue weighted by Gasteiger charge is -2.37. The normalized spacial score (nSPS) is 20.3. The van der Waals surface area contributed by atoms with Crippen LogP contribution in [0.2, 0.25) is 0 Å². The van der Waals surface area contributed by atoms with Crippen molar-refractivity contribution in [2.45, 2.75) is 37.4 Å². The molecular weight excluding hydrogens is 600 g/mol. The lowest BCUT2D eigenvalue weighted by Crippen LogP contribution is -2.39. The fourth-order valence-corrected chi connectivity index (χ4v) is 6.13. The van der Waals surface area contributed by atoms with Crippen LogP contribution in [-0.2, 0) is 19.8 Å². The van der Waals surface area contributed by atoms with Crippen LogP contribution >= 0.6 is 0 Å². The molecule has 4 aromatic rings. The molecule has 0 saturated carbocycles. The van der Waals surface area contributed by atoms with Crippen molar-refractivity contribution in [1.29, 1.82) is 0 Å². The van der Waals surface area contributed by atoms with Gasteiger partial charge in [-0.2, -0.15) is 4.98 Å². The van der Waals surface area contributed by atoms with Gasteiger partial charge in [0.25, 0.3) is 0 Å². The third-order valence-corrected chi connectivity index (χ3v) is 8.71. The van der Waals surface area contributed by atoms with Crippen LogP contribution in [0.5, 0.6) is 11.5 Å². The maximum atomic E-state index is 13.1. The van der Waals surface area contributed by atoms with Crippen LogP contribution in [0.15, 0.2) is 101 Å². The summed E-state index contributed by atoms with van der Waals surface area (Å²) in [6.07, 6.45) is -0.495. The Morgan fingerprint density at radius 1 is 0.915 bits per heavy atom. The van der Waals surface area contributed by atoms with Crippen LogP contribution in [0, 0.1) is 0 Å². The number of hydrogen-bond acceptors (Lipinski definition) is 9. The van der Waals surface area contributed by atoms with Gasteiger partial charge < -0.3 is 33.7 Å². The van der Waals surface area contributed by atoms with E-state index in [-0.39, 0.29) is 13.0 Å². The fraction of sp³-hybridized carbons (Fsp3) is 0.361. The quantitative estimate of drug-likeness (QED) is 0.154. The van der Waals surface area contributed by atoms with E-state index < -0.39 is 29.7 Å². The molecule has 0 aliphatic carbocycles. The summed E-state index contributed by atoms with van der Waals surface area (Å²) in [4.78, 5) is 23.9. The van der Waals surface area contributed by atoms with Crippen LogP contribution in [0.1, 0.15) is 36.3 Å². The van der Waals surface area contributed by atoms with Crippen LogP contribution < -0.4 is 15.2 Å². The van der Waals surface area contributed by atoms with Crippen molar-refractivity contribution in [3.8, 4) is 11.5 Å². The highest BCUT2D eigenvalue weighted by Crippen LogP contribution is 2.42. The van der Waals surface area contributed by atoms with E-state index in [0.717, 1.165) is 47.1 Å². The first-order valence-electron chi connectivity index (χ1n) is 15.7. The van der Waals surface area contributed by atoms with E-state index in [1.165, 1.54) is 4.57 Å². The summed E-state index contributed by atoms with van der Waals surface area (Å²) in [5, 5.41) is 11.2. The van der Waals surface area contributed by atoms with Crippen molar-refractivity contribution in [2.24, 2.45) is 4.99 Å². The number of morpholine rings is 1. The smallest absolute Gasteiger partial charge is 0.351 e. The summed E-state index contributed by atoms with van der Waals surface area (Å²) in [5.74, 6) is 2.53. The fourth-order valence-electron chi connectivity index (χ4n) is 6.13. The van der Waals surface area contributed by atoms with Gasteiger partial charge >= 0.3 is 5.69 Å². The Bertz CT molecular complexity index is 1660. The number of aliphatic imine (C=N–C) groups is 1. The largest absolute Gasteiger partial charge is 0.497 e. The number of hydrogen-bond donors (Lipinski definition) is 1. The first-order valence-corrected chi connectivity index (χ1v) is 15.7. The first-order chi connectivity index (χ1) is 22.9. The van der Waals surface area contributed by atoms with E-state index in [1.807, 2.05) is 85.8 Å². The molecule has 246 valence electrons. The second-order valence-electron chi connectivity index (χ2n) is 11.5. The number of aromatic nitrogens is 2. The molecule has 0 radical (unpaired) electrons. The number of aliphatic hydroxyl groups is 1. The molecule has 11 nitrogen and oxygen atoms in total. The average molecular weight is 641 g/mol. The summed E-state index contributed by atoms with van der Waals surface area (Å²) in [6, 6.07) is 27.1. The summed E-state index contributed by atoms with van der Waals surface area (Å²) >= 11 is 0. The number of methoxy groups -OCH3 is 2. The zero-order valence-corrected chi connectivity index (χ0v) is 26.8. The predicted molar refractivity (Wildman–Crippen MR) is 176 cm³/mol. The molecule has 0 amide bonds. The van der Waals surface area contributed by atoms with Gasteiger partial charge in [0, 0.05) is 25.7 Å². The molecule has 47 heavy (non-hydrogen) atoms. The summed E-state index contributed by atoms with van der Waals surface area (Å²) in [5.41, 5.74) is 1.04. The minimum Gasteiger partial charge on any atom is -0.497 e. The van der Waals surface area contributed by atoms with Crippen molar-refractivity contribution in [2.75, 3.05) is 47.1 Å². The van der Waals surface area contributed by atoms with Gasteiger partial charge in [-0.3, -0.25) is 4.57 Å². The lowest BCUT2D eigenvalue weighted by atomic mass is 9.80. The third-order valence-electron chi connectivity index (χ3n) is 8.71. The standard InChI is InChI=1S/C36H40N4O7/c1-25(39-19-21-45-22-20-39)37-33-17-18-40(35(42)38-33)34-23-31(41)32(47-34)24-46-36(26-7-5-4-6-8-26,27-9-13-29(43-2)14-10-27)28-11-15-30(44-3)16-12-28/h4-18,31-32,34,41H,19-24H2,1-3H3/b37-25-/t31?,32-,34-/m1/s1. The number of nitrogens with zero attached hydrogens (tertiary/aromatic N) is 4. The minimum atomic E-state index is -1.07. The Morgan fingerprint density at radius 3 is 2.09 bits per heavy atom. The van der Waals surface area contributed by atoms with Crippen molar-refractivity contribution >= 4 is 11.7 Å². The molecule has 3 heterocycles. The second-order valence-corrected chi connectivity index (χ2v) is 11.5. The Balaban J connectivity index is 1.27. The molecule has 2 saturated heterocycles. The van der Waals surface area contributed by atoms with Crippen LogP contribution in [0.4, 0.5) is 5.82 Å². The highest BCUT2D eigenvalue weighted by molar-refractivity contribution is 5.82. The molecule has 0 bridgehead atoms. The maximum absolute atomic E-state index is 13.1. The van der Waals surface area contributed by atoms with E-state index in [2.05, 4.69) is 14.9 Å². The van der Waals surface area contributed by atoms with Gasteiger partial charge in [0.15, 0.2) is 5.82 Å². The third kappa shape index (κ3) is 6.93. The Morgan fingerprint density at radius 2 is 1.51 bits per heavy atom. The number of ether oxygens (including phenoxy) is 5. The second kappa shape index (κ2) is 14.5. The number of rotatable bonds is 10. The summed E-state index contributed by atoms with van der Waals surface area (Å²) < 4.78 is 30.9. The molecule has 3 aromatic carbocycles. The van der Waals surface area contributed by atoms with Crippen molar-refractivity contribution in [1.82, 2.24) is 14.5 Å². The Hall–Kier alpha value is -4.55. The van der Waals surface area contributed by atoms with E-state index in [9.17, 15) is 9.90 Å². The molecule has 2 fully saturated rings. The van der Waals surface area contributed by atoms with Crippen LogP contribution in [-0.4, -0.2) is 84.7 Å². The first kappa shape index (κ1) is 32.4. The molecule has 6 rings (SSSR count). The highest BCUT2D eigenvalue weighted by Gasteiger charge is 2.42. The van der Waals surface area contributed by atoms with Gasteiger partial charge in [-0.05, 0) is 53.9 Å². The Labute approximate surface area is 274 Å². The van der Waals surface area contributed by atoms with Gasteiger partial charge in [0.05, 0.1) is 40.1 Å². The van der Waals surface area contributed by atoms with Gasteiger partial charge in [-0.15, -0.1) is 0 Å². The van der Waals surface area contributed by atoms with Crippen LogP contribution in [0.25, 0.3) is 0 Å². The van der Waals surface area contributed by atoms with Gasteiger partial charge in [-0.1, -0.05) is 54.6 Å². The monoisotopic (exact) mass is 640 g/mol. The zero-order valence-electron chi connectivity index (χ0n) is 26.8. The topological polar surface area (TPSA) is 117 Å². The van der Waals surface area contributed by atoms with Crippen molar-refractivity contribution in [3.63, 3.8) is 0 Å². The van der Waals surface area contributed by atoms with Crippen molar-refractivity contribution < 1.29 is 28.8 Å². The van der Waals surface area contributed by atoms with Gasteiger partial charge in [0.1, 0.15) is 35.3 Å². The zero-order chi connectivity index (χ0) is 32.8. The lowest BCUT2D eigenvalue weighted by molar-refractivity contribution is -0.0944. The molecule has 1 unspecified atom stereocenters. The molecular formula is C36H40N4O7. The molecule has 0 spiro atoms. The van der Waals surface area contributed by atoms with E-state index in [0.29, 0.717) is 19.0 Å². The van der Waals surface area contributed by atoms with Gasteiger partial charge in [0.2, 0.25) is 0 Å². The maximum Gasteiger partial charge on any atom is 0.351 e. The van der Waals surface area contributed by atoms with E-state index >= 15 is 0 Å². The molecule has 11 heteroatoms. The van der Waals surface area contributed by atoms with E-state index in [1.54, 1.807) is 26.5 Å². The molecule has 2 aliphatic heterocycles. The number of aliphatic hydroxyl groups excluding tert-OH is 1. The number of amidine groups is 1. The number of benzene rings is 3.